The van der Waals surface area contributed by atoms with Crippen molar-refractivity contribution in [2.75, 3.05) is 46.4 Å². The number of aryl methyl sites for hydroxylation is 1. The average Bonchev–Trinajstić information content (AvgIpc) is 2.87. The second kappa shape index (κ2) is 11.7. The molecule has 2 heterocycles. The zero-order valence-corrected chi connectivity index (χ0v) is 20.3. The maximum absolute atomic E-state index is 12.7. The van der Waals surface area contributed by atoms with E-state index in [0.29, 0.717) is 12.1 Å². The molecule has 2 aromatic rings. The molecule has 1 N–H and O–H groups in total. The molecule has 1 amide bonds. The largest absolute Gasteiger partial charge is 0.496 e. The number of benzene rings is 2. The van der Waals surface area contributed by atoms with E-state index in [4.69, 9.17) is 4.74 Å². The Morgan fingerprint density at radius 2 is 1.73 bits per heavy atom. The third-order valence-electron chi connectivity index (χ3n) is 7.23. The number of likely N-dealkylation sites (tertiary alicyclic amines) is 2. The quantitative estimate of drug-likeness (QED) is 0.591. The van der Waals surface area contributed by atoms with E-state index >= 15 is 0 Å². The molecule has 5 nitrogen and oxygen atoms in total. The molecule has 2 saturated heterocycles. The molecule has 2 aliphatic heterocycles. The summed E-state index contributed by atoms with van der Waals surface area (Å²) in [6.07, 6.45) is 7.73. The summed E-state index contributed by atoms with van der Waals surface area (Å²) >= 11 is 0. The normalized spacial score (nSPS) is 18.2. The Labute approximate surface area is 199 Å². The summed E-state index contributed by atoms with van der Waals surface area (Å²) in [5, 5.41) is 3.09. The van der Waals surface area contributed by atoms with Crippen molar-refractivity contribution < 1.29 is 9.53 Å². The lowest BCUT2D eigenvalue weighted by molar-refractivity contribution is 0.0902. The van der Waals surface area contributed by atoms with Crippen molar-refractivity contribution in [2.45, 2.75) is 51.5 Å². The summed E-state index contributed by atoms with van der Waals surface area (Å²) in [6, 6.07) is 14.8. The molecule has 2 fully saturated rings. The lowest BCUT2D eigenvalue weighted by Gasteiger charge is -2.40. The van der Waals surface area contributed by atoms with Crippen molar-refractivity contribution in [1.29, 1.82) is 0 Å². The second-order valence-electron chi connectivity index (χ2n) is 9.56. The van der Waals surface area contributed by atoms with Gasteiger partial charge in [-0.15, -0.1) is 0 Å². The summed E-state index contributed by atoms with van der Waals surface area (Å²) in [4.78, 5) is 18.0. The first-order valence-electron chi connectivity index (χ1n) is 12.6. The Bertz CT molecular complexity index is 898. The highest BCUT2D eigenvalue weighted by atomic mass is 16.5. The van der Waals surface area contributed by atoms with Gasteiger partial charge in [0.2, 0.25) is 0 Å². The van der Waals surface area contributed by atoms with Crippen LogP contribution in [0.2, 0.25) is 0 Å². The zero-order valence-electron chi connectivity index (χ0n) is 20.3. The van der Waals surface area contributed by atoms with Crippen LogP contribution in [0, 0.1) is 6.92 Å². The van der Waals surface area contributed by atoms with Gasteiger partial charge in [0.25, 0.3) is 5.91 Å². The van der Waals surface area contributed by atoms with Gasteiger partial charge in [0.1, 0.15) is 5.75 Å². The van der Waals surface area contributed by atoms with Crippen LogP contribution in [0.4, 0.5) is 0 Å². The van der Waals surface area contributed by atoms with Crippen LogP contribution in [0.15, 0.2) is 42.5 Å². The summed E-state index contributed by atoms with van der Waals surface area (Å²) < 4.78 is 5.59. The highest BCUT2D eigenvalue weighted by molar-refractivity contribution is 5.95. The lowest BCUT2D eigenvalue weighted by atomic mass is 10.00. The van der Waals surface area contributed by atoms with E-state index in [0.717, 1.165) is 35.9 Å². The van der Waals surface area contributed by atoms with Gasteiger partial charge in [0.05, 0.1) is 7.11 Å². The number of nitrogens with one attached hydrogen (secondary N) is 1. The Morgan fingerprint density at radius 1 is 1.00 bits per heavy atom. The maximum atomic E-state index is 12.7. The van der Waals surface area contributed by atoms with Crippen molar-refractivity contribution in [3.63, 3.8) is 0 Å². The molecule has 33 heavy (non-hydrogen) atoms. The van der Waals surface area contributed by atoms with Gasteiger partial charge >= 0.3 is 0 Å². The second-order valence-corrected chi connectivity index (χ2v) is 9.56. The van der Waals surface area contributed by atoms with E-state index < -0.39 is 0 Å². The summed E-state index contributed by atoms with van der Waals surface area (Å²) in [6.45, 7) is 8.81. The molecule has 5 heteroatoms. The number of hydrogen-bond donors (Lipinski definition) is 1. The molecule has 2 aliphatic rings. The average molecular weight is 450 g/mol. The number of rotatable bonds is 8. The summed E-state index contributed by atoms with van der Waals surface area (Å²) in [5.74, 6) is 0.690. The van der Waals surface area contributed by atoms with E-state index in [1.54, 1.807) is 7.11 Å². The molecular formula is C28H39N3O2. The van der Waals surface area contributed by atoms with Crippen LogP contribution in [0.3, 0.4) is 0 Å². The van der Waals surface area contributed by atoms with Crippen LogP contribution >= 0.6 is 0 Å². The molecule has 0 bridgehead atoms. The third kappa shape index (κ3) is 6.36. The number of hydrogen-bond acceptors (Lipinski definition) is 4. The van der Waals surface area contributed by atoms with E-state index in [2.05, 4.69) is 46.3 Å². The fraction of sp³-hybridized carbons (Fsp3) is 0.536. The standard InChI is InChI=1S/C28H39N3O2/c1-22-7-9-23(10-8-22)26-12-11-24(21-27(26)33-2)28(32)29-15-6-16-30-19-13-25(14-20-30)31-17-4-3-5-18-31/h7-12,21,25H,3-6,13-20H2,1-2H3,(H,29,32). The van der Waals surface area contributed by atoms with Crippen molar-refractivity contribution in [3.8, 4) is 16.9 Å². The van der Waals surface area contributed by atoms with Crippen molar-refractivity contribution in [3.05, 3.63) is 53.6 Å². The van der Waals surface area contributed by atoms with Crippen molar-refractivity contribution >= 4 is 5.91 Å². The molecule has 4 rings (SSSR count). The van der Waals surface area contributed by atoms with Gasteiger partial charge in [0.15, 0.2) is 0 Å². The lowest BCUT2D eigenvalue weighted by Crippen LogP contribution is -2.47. The summed E-state index contributed by atoms with van der Waals surface area (Å²) in [5.41, 5.74) is 3.96. The van der Waals surface area contributed by atoms with E-state index in [-0.39, 0.29) is 5.91 Å². The monoisotopic (exact) mass is 449 g/mol. The predicted octanol–water partition coefficient (Wildman–Crippen LogP) is 4.74. The smallest absolute Gasteiger partial charge is 0.251 e. The SMILES string of the molecule is COc1cc(C(=O)NCCCN2CCC(N3CCCCC3)CC2)ccc1-c1ccc(C)cc1. The number of carbonyl (C=O) groups excluding carboxylic acids is 1. The predicted molar refractivity (Wildman–Crippen MR) is 135 cm³/mol. The molecule has 0 aliphatic carbocycles. The number of ether oxygens (including phenoxy) is 1. The molecule has 0 radical (unpaired) electrons. The number of amides is 1. The van der Waals surface area contributed by atoms with Gasteiger partial charge in [-0.2, -0.15) is 0 Å². The third-order valence-corrected chi connectivity index (χ3v) is 7.23. The Hall–Kier alpha value is -2.37. The van der Waals surface area contributed by atoms with Crippen LogP contribution in [0.5, 0.6) is 5.75 Å². The van der Waals surface area contributed by atoms with Crippen molar-refractivity contribution in [1.82, 2.24) is 15.1 Å². The minimum Gasteiger partial charge on any atom is -0.496 e. The first kappa shape index (κ1) is 23.8. The first-order valence-corrected chi connectivity index (χ1v) is 12.6. The molecule has 2 aromatic carbocycles. The van der Waals surface area contributed by atoms with Crippen LogP contribution in [-0.4, -0.2) is 68.1 Å². The minimum atomic E-state index is -0.0347. The number of nitrogens with zero attached hydrogens (tertiary/aromatic N) is 2. The zero-order chi connectivity index (χ0) is 23.0. The Balaban J connectivity index is 1.21. The molecule has 0 spiro atoms. The van der Waals surface area contributed by atoms with Gasteiger partial charge < -0.3 is 19.9 Å². The van der Waals surface area contributed by atoms with Crippen LogP contribution < -0.4 is 10.1 Å². The number of piperidine rings is 2. The number of methoxy groups -OCH3 is 1. The molecule has 0 saturated carbocycles. The molecule has 0 aromatic heterocycles. The topological polar surface area (TPSA) is 44.8 Å². The summed E-state index contributed by atoms with van der Waals surface area (Å²) in [7, 11) is 1.66. The fourth-order valence-corrected chi connectivity index (χ4v) is 5.20. The van der Waals surface area contributed by atoms with E-state index in [1.807, 2.05) is 18.2 Å². The van der Waals surface area contributed by atoms with Gasteiger partial charge in [-0.3, -0.25) is 4.79 Å². The highest BCUT2D eigenvalue weighted by Gasteiger charge is 2.25. The van der Waals surface area contributed by atoms with Crippen LogP contribution in [0.1, 0.15) is 54.4 Å². The Kier molecular flexibility index (Phi) is 8.40. The van der Waals surface area contributed by atoms with E-state index in [1.165, 1.54) is 63.8 Å². The minimum absolute atomic E-state index is 0.0347. The van der Waals surface area contributed by atoms with Gasteiger partial charge in [-0.25, -0.2) is 0 Å². The van der Waals surface area contributed by atoms with Crippen LogP contribution in [0.25, 0.3) is 11.1 Å². The molecule has 0 atom stereocenters. The van der Waals surface area contributed by atoms with Crippen LogP contribution in [-0.2, 0) is 0 Å². The fourth-order valence-electron chi connectivity index (χ4n) is 5.20. The highest BCUT2D eigenvalue weighted by Crippen LogP contribution is 2.31. The van der Waals surface area contributed by atoms with Crippen molar-refractivity contribution in [2.24, 2.45) is 0 Å². The molecule has 0 unspecified atom stereocenters. The van der Waals surface area contributed by atoms with E-state index in [9.17, 15) is 4.79 Å². The Morgan fingerprint density at radius 3 is 2.42 bits per heavy atom. The van der Waals surface area contributed by atoms with Gasteiger partial charge in [-0.1, -0.05) is 36.2 Å². The van der Waals surface area contributed by atoms with Gasteiger partial charge in [-0.05, 0) is 95.5 Å². The molecule has 178 valence electrons. The first-order chi connectivity index (χ1) is 16.1. The molecular weight excluding hydrogens is 410 g/mol. The maximum Gasteiger partial charge on any atom is 0.251 e. The number of carbonyl (C=O) groups is 1. The van der Waals surface area contributed by atoms with Gasteiger partial charge in [0, 0.05) is 23.7 Å².